The first kappa shape index (κ1) is 11.4. The summed E-state index contributed by atoms with van der Waals surface area (Å²) in [5.41, 5.74) is 4.80. The van der Waals surface area contributed by atoms with Gasteiger partial charge in [0, 0.05) is 13.2 Å². The standard InChI is InChI=1S/C8H14N4O3S/c1-12-4-6(7(9)10-12)16(14,15)11-8(5-13)2-3-8/h4,11,13H,2-3,5H2,1H3,(H2,9,10). The van der Waals surface area contributed by atoms with Crippen molar-refractivity contribution >= 4 is 15.8 Å². The van der Waals surface area contributed by atoms with E-state index in [4.69, 9.17) is 10.8 Å². The molecule has 1 aliphatic rings. The number of sulfonamides is 1. The third kappa shape index (κ3) is 1.91. The van der Waals surface area contributed by atoms with Crippen LogP contribution >= 0.6 is 0 Å². The van der Waals surface area contributed by atoms with E-state index >= 15 is 0 Å². The summed E-state index contributed by atoms with van der Waals surface area (Å²) < 4.78 is 27.6. The third-order valence-electron chi connectivity index (χ3n) is 2.62. The number of aliphatic hydroxyl groups is 1. The van der Waals surface area contributed by atoms with Crippen LogP contribution in [0.25, 0.3) is 0 Å². The number of hydrogen-bond donors (Lipinski definition) is 3. The van der Waals surface area contributed by atoms with Gasteiger partial charge in [0.05, 0.1) is 12.1 Å². The Hall–Kier alpha value is -1.12. The van der Waals surface area contributed by atoms with Gasteiger partial charge in [0.2, 0.25) is 10.0 Å². The Bertz CT molecular complexity index is 503. The first-order valence-electron chi connectivity index (χ1n) is 4.82. The second-order valence-electron chi connectivity index (χ2n) is 4.10. The van der Waals surface area contributed by atoms with Gasteiger partial charge in [0.1, 0.15) is 4.90 Å². The van der Waals surface area contributed by atoms with Gasteiger partial charge in [-0.1, -0.05) is 0 Å². The van der Waals surface area contributed by atoms with Crippen molar-refractivity contribution in [3.63, 3.8) is 0 Å². The van der Waals surface area contributed by atoms with E-state index in [2.05, 4.69) is 9.82 Å². The molecule has 0 spiro atoms. The predicted molar refractivity (Wildman–Crippen MR) is 57.0 cm³/mol. The molecule has 90 valence electrons. The first-order valence-corrected chi connectivity index (χ1v) is 6.31. The molecule has 1 heterocycles. The Balaban J connectivity index is 2.29. The van der Waals surface area contributed by atoms with Crippen LogP contribution in [0.4, 0.5) is 5.82 Å². The normalized spacial score (nSPS) is 18.6. The molecule has 0 radical (unpaired) electrons. The van der Waals surface area contributed by atoms with Crippen LogP contribution in [-0.4, -0.2) is 35.5 Å². The zero-order chi connectivity index (χ0) is 12.0. The lowest BCUT2D eigenvalue weighted by Crippen LogP contribution is -2.39. The number of rotatable bonds is 4. The molecule has 7 nitrogen and oxygen atoms in total. The fourth-order valence-electron chi connectivity index (χ4n) is 1.47. The van der Waals surface area contributed by atoms with E-state index in [1.54, 1.807) is 7.05 Å². The molecule has 4 N–H and O–H groups in total. The number of nitrogen functional groups attached to an aromatic ring is 1. The van der Waals surface area contributed by atoms with Crippen LogP contribution in [0, 0.1) is 0 Å². The largest absolute Gasteiger partial charge is 0.394 e. The average Bonchev–Trinajstić information content (AvgIpc) is 2.85. The smallest absolute Gasteiger partial charge is 0.246 e. The van der Waals surface area contributed by atoms with Crippen molar-refractivity contribution in [2.45, 2.75) is 23.3 Å². The van der Waals surface area contributed by atoms with Crippen molar-refractivity contribution in [3.05, 3.63) is 6.20 Å². The lowest BCUT2D eigenvalue weighted by molar-refractivity contribution is 0.246. The molecule has 1 fully saturated rings. The molecule has 0 unspecified atom stereocenters. The minimum atomic E-state index is -3.70. The summed E-state index contributed by atoms with van der Waals surface area (Å²) in [5, 5.41) is 12.8. The lowest BCUT2D eigenvalue weighted by Gasteiger charge is -2.13. The maximum absolute atomic E-state index is 11.9. The van der Waals surface area contributed by atoms with Gasteiger partial charge in [0.25, 0.3) is 0 Å². The van der Waals surface area contributed by atoms with Gasteiger partial charge in [-0.25, -0.2) is 13.1 Å². The van der Waals surface area contributed by atoms with Gasteiger partial charge >= 0.3 is 0 Å². The minimum Gasteiger partial charge on any atom is -0.394 e. The van der Waals surface area contributed by atoms with Gasteiger partial charge in [-0.15, -0.1) is 0 Å². The van der Waals surface area contributed by atoms with Crippen molar-refractivity contribution in [1.82, 2.24) is 14.5 Å². The van der Waals surface area contributed by atoms with E-state index in [9.17, 15) is 8.42 Å². The highest BCUT2D eigenvalue weighted by atomic mass is 32.2. The van der Waals surface area contributed by atoms with Crippen molar-refractivity contribution in [3.8, 4) is 0 Å². The van der Waals surface area contributed by atoms with Crippen LogP contribution in [0.2, 0.25) is 0 Å². The van der Waals surface area contributed by atoms with E-state index in [1.165, 1.54) is 10.9 Å². The van der Waals surface area contributed by atoms with Crippen molar-refractivity contribution in [2.24, 2.45) is 7.05 Å². The highest BCUT2D eigenvalue weighted by Crippen LogP contribution is 2.36. The number of nitrogens with two attached hydrogens (primary N) is 1. The van der Waals surface area contributed by atoms with Crippen molar-refractivity contribution in [1.29, 1.82) is 0 Å². The second kappa shape index (κ2) is 3.44. The summed E-state index contributed by atoms with van der Waals surface area (Å²) >= 11 is 0. The summed E-state index contributed by atoms with van der Waals surface area (Å²) in [7, 11) is -2.10. The summed E-state index contributed by atoms with van der Waals surface area (Å²) in [6.45, 7) is -0.202. The molecule has 1 aliphatic carbocycles. The minimum absolute atomic E-state index is 0.0382. The van der Waals surface area contributed by atoms with E-state index in [-0.39, 0.29) is 17.3 Å². The molecule has 1 saturated carbocycles. The Labute approximate surface area is 93.3 Å². The first-order chi connectivity index (χ1) is 7.38. The monoisotopic (exact) mass is 246 g/mol. The SMILES string of the molecule is Cn1cc(S(=O)(=O)NC2(CO)CC2)c(N)n1. The second-order valence-corrected chi connectivity index (χ2v) is 5.75. The van der Waals surface area contributed by atoms with E-state index in [0.29, 0.717) is 12.8 Å². The topological polar surface area (TPSA) is 110 Å². The number of nitrogens with zero attached hydrogens (tertiary/aromatic N) is 2. The quantitative estimate of drug-likeness (QED) is 0.618. The van der Waals surface area contributed by atoms with Crippen LogP contribution in [0.5, 0.6) is 0 Å². The van der Waals surface area contributed by atoms with Crippen LogP contribution in [0.15, 0.2) is 11.1 Å². The Morgan fingerprint density at radius 3 is 2.69 bits per heavy atom. The van der Waals surface area contributed by atoms with Crippen LogP contribution in [0.3, 0.4) is 0 Å². The van der Waals surface area contributed by atoms with Crippen molar-refractivity contribution in [2.75, 3.05) is 12.3 Å². The lowest BCUT2D eigenvalue weighted by atomic mass is 10.3. The molecular formula is C8H14N4O3S. The summed E-state index contributed by atoms with van der Waals surface area (Å²) in [6.07, 6.45) is 2.62. The highest BCUT2D eigenvalue weighted by Gasteiger charge is 2.46. The van der Waals surface area contributed by atoms with Gasteiger partial charge < -0.3 is 10.8 Å². The molecular weight excluding hydrogens is 232 g/mol. The van der Waals surface area contributed by atoms with Crippen LogP contribution in [-0.2, 0) is 17.1 Å². The average molecular weight is 246 g/mol. The summed E-state index contributed by atoms with van der Waals surface area (Å²) in [4.78, 5) is -0.0466. The molecule has 16 heavy (non-hydrogen) atoms. The highest BCUT2D eigenvalue weighted by molar-refractivity contribution is 7.89. The molecule has 0 bridgehead atoms. The number of anilines is 1. The number of hydrogen-bond acceptors (Lipinski definition) is 5. The van der Waals surface area contributed by atoms with Gasteiger partial charge in [0.15, 0.2) is 5.82 Å². The Morgan fingerprint density at radius 1 is 1.69 bits per heavy atom. The zero-order valence-corrected chi connectivity index (χ0v) is 9.66. The fourth-order valence-corrected chi connectivity index (χ4v) is 3.03. The summed E-state index contributed by atoms with van der Waals surface area (Å²) in [5.74, 6) is -0.0382. The van der Waals surface area contributed by atoms with Crippen LogP contribution in [0.1, 0.15) is 12.8 Å². The molecule has 0 saturated heterocycles. The fraction of sp³-hybridized carbons (Fsp3) is 0.625. The molecule has 1 aromatic rings. The van der Waals surface area contributed by atoms with E-state index in [1.807, 2.05) is 0 Å². The predicted octanol–water partition coefficient (Wildman–Crippen LogP) is -1.19. The number of aliphatic hydroxyl groups excluding tert-OH is 1. The van der Waals surface area contributed by atoms with Crippen LogP contribution < -0.4 is 10.5 Å². The number of nitrogens with one attached hydrogen (secondary N) is 1. The van der Waals surface area contributed by atoms with Gasteiger partial charge in [-0.2, -0.15) is 5.10 Å². The Morgan fingerprint density at radius 2 is 2.31 bits per heavy atom. The van der Waals surface area contributed by atoms with Gasteiger partial charge in [-0.05, 0) is 12.8 Å². The maximum atomic E-state index is 11.9. The van der Waals surface area contributed by atoms with E-state index in [0.717, 1.165) is 0 Å². The molecule has 0 aliphatic heterocycles. The molecule has 0 atom stereocenters. The zero-order valence-electron chi connectivity index (χ0n) is 8.84. The number of aryl methyl sites for hydroxylation is 1. The Kier molecular flexibility index (Phi) is 2.44. The number of aromatic nitrogens is 2. The summed E-state index contributed by atoms with van der Waals surface area (Å²) in [6, 6.07) is 0. The third-order valence-corrected chi connectivity index (χ3v) is 4.21. The molecule has 8 heteroatoms. The van der Waals surface area contributed by atoms with E-state index < -0.39 is 15.6 Å². The molecule has 0 aromatic carbocycles. The molecule has 2 rings (SSSR count). The van der Waals surface area contributed by atoms with Crippen molar-refractivity contribution < 1.29 is 13.5 Å². The molecule has 1 aromatic heterocycles. The maximum Gasteiger partial charge on any atom is 0.246 e. The molecule has 0 amide bonds. The van der Waals surface area contributed by atoms with Gasteiger partial charge in [-0.3, -0.25) is 4.68 Å².